The van der Waals surface area contributed by atoms with Crippen molar-refractivity contribution >= 4 is 27.5 Å². The first-order valence-corrected chi connectivity index (χ1v) is 6.59. The predicted octanol–water partition coefficient (Wildman–Crippen LogP) is 5.03. The van der Waals surface area contributed by atoms with Gasteiger partial charge in [0.25, 0.3) is 0 Å². The minimum absolute atomic E-state index is 0.113. The maximum Gasteiger partial charge on any atom is 0.132 e. The highest BCUT2D eigenvalue weighted by atomic mass is 79.9. The summed E-state index contributed by atoms with van der Waals surface area (Å²) in [7, 11) is 0. The molecule has 3 heteroatoms. The lowest BCUT2D eigenvalue weighted by molar-refractivity contribution is 0.475. The summed E-state index contributed by atoms with van der Waals surface area (Å²) in [6.07, 6.45) is 8.12. The molecule has 0 aliphatic carbocycles. The molecule has 0 fully saturated rings. The van der Waals surface area contributed by atoms with Gasteiger partial charge in [-0.25, -0.2) is 4.98 Å². The highest BCUT2D eigenvalue weighted by Crippen LogP contribution is 2.28. The van der Waals surface area contributed by atoms with E-state index < -0.39 is 0 Å². The van der Waals surface area contributed by atoms with Crippen LogP contribution >= 0.6 is 27.5 Å². The van der Waals surface area contributed by atoms with Gasteiger partial charge in [0.15, 0.2) is 0 Å². The molecule has 0 aliphatic rings. The molecular formula is C13H17BrClN. The fraction of sp³-hybridized carbons (Fsp3) is 0.462. The maximum atomic E-state index is 6.08. The molecule has 0 atom stereocenters. The fourth-order valence-corrected chi connectivity index (χ4v) is 2.12. The van der Waals surface area contributed by atoms with E-state index in [0.717, 1.165) is 22.9 Å². The molecule has 1 aromatic rings. The summed E-state index contributed by atoms with van der Waals surface area (Å²) < 4.78 is 0.974. The van der Waals surface area contributed by atoms with Crippen LogP contribution < -0.4 is 0 Å². The average molecular weight is 303 g/mol. The van der Waals surface area contributed by atoms with Gasteiger partial charge in [-0.15, -0.1) is 0 Å². The van der Waals surface area contributed by atoms with E-state index in [-0.39, 0.29) is 5.41 Å². The molecule has 1 aromatic heterocycles. The third kappa shape index (κ3) is 4.26. The van der Waals surface area contributed by atoms with Gasteiger partial charge in [-0.3, -0.25) is 0 Å². The molecule has 0 N–H and O–H groups in total. The Bertz CT molecular complexity index is 386. The zero-order valence-corrected chi connectivity index (χ0v) is 12.3. The van der Waals surface area contributed by atoms with Crippen LogP contribution in [-0.2, 0) is 6.42 Å². The molecule has 1 nitrogen and oxygen atoms in total. The molecule has 0 aliphatic heterocycles. The van der Waals surface area contributed by atoms with E-state index >= 15 is 0 Å². The largest absolute Gasteiger partial charge is 0.243 e. The second kappa shape index (κ2) is 5.83. The van der Waals surface area contributed by atoms with Crippen molar-refractivity contribution in [3.63, 3.8) is 0 Å². The number of nitrogens with zero attached hydrogens (tertiary/aromatic N) is 1. The summed E-state index contributed by atoms with van der Waals surface area (Å²) in [5, 5.41) is 0.598. The number of hydrogen-bond acceptors (Lipinski definition) is 1. The Hall–Kier alpha value is -0.340. The average Bonchev–Trinajstić information content (AvgIpc) is 2.20. The zero-order valence-electron chi connectivity index (χ0n) is 9.93. The predicted molar refractivity (Wildman–Crippen MR) is 73.9 cm³/mol. The van der Waals surface area contributed by atoms with Gasteiger partial charge in [-0.1, -0.05) is 44.5 Å². The highest BCUT2D eigenvalue weighted by molar-refractivity contribution is 9.10. The van der Waals surface area contributed by atoms with Crippen LogP contribution in [0.5, 0.6) is 0 Å². The molecule has 0 spiro atoms. The van der Waals surface area contributed by atoms with E-state index in [1.165, 1.54) is 0 Å². The van der Waals surface area contributed by atoms with Crippen LogP contribution in [-0.4, -0.2) is 4.98 Å². The molecule has 0 amide bonds. The topological polar surface area (TPSA) is 12.9 Å². The first-order chi connectivity index (χ1) is 7.44. The fourth-order valence-electron chi connectivity index (χ4n) is 1.58. The third-order valence-electron chi connectivity index (χ3n) is 2.33. The first kappa shape index (κ1) is 13.7. The number of pyridine rings is 1. The Kier molecular flexibility index (Phi) is 5.00. The molecule has 0 unspecified atom stereocenters. The number of aromatic nitrogens is 1. The van der Waals surface area contributed by atoms with Gasteiger partial charge in [0.1, 0.15) is 5.15 Å². The lowest BCUT2D eigenvalue weighted by Crippen LogP contribution is -2.12. The third-order valence-corrected chi connectivity index (χ3v) is 3.10. The minimum Gasteiger partial charge on any atom is -0.243 e. The standard InChI is InChI=1S/C13H17BrClN/c1-4-5-6-13(2,3)8-10-7-11(14)9-16-12(10)15/h5-7,9H,4,8H2,1-3H3/b6-5-. The molecule has 0 radical (unpaired) electrons. The van der Waals surface area contributed by atoms with Crippen LogP contribution in [0.1, 0.15) is 32.8 Å². The molecule has 0 aromatic carbocycles. The van der Waals surface area contributed by atoms with Crippen LogP contribution in [0.15, 0.2) is 28.9 Å². The van der Waals surface area contributed by atoms with Crippen molar-refractivity contribution < 1.29 is 0 Å². The van der Waals surface area contributed by atoms with Crippen molar-refractivity contribution in [2.24, 2.45) is 5.41 Å². The SMILES string of the molecule is CC/C=C\C(C)(C)Cc1cc(Br)cnc1Cl. The monoisotopic (exact) mass is 301 g/mol. The summed E-state index contributed by atoms with van der Waals surface area (Å²) in [5.74, 6) is 0. The van der Waals surface area contributed by atoms with Gasteiger partial charge in [-0.05, 0) is 45.8 Å². The Balaban J connectivity index is 2.87. The quantitative estimate of drug-likeness (QED) is 0.561. The molecule has 16 heavy (non-hydrogen) atoms. The van der Waals surface area contributed by atoms with Gasteiger partial charge in [0, 0.05) is 10.7 Å². The second-order valence-corrected chi connectivity index (χ2v) is 5.85. The summed E-state index contributed by atoms with van der Waals surface area (Å²) >= 11 is 9.50. The molecule has 0 bridgehead atoms. The van der Waals surface area contributed by atoms with Crippen molar-refractivity contribution in [2.45, 2.75) is 33.6 Å². The van der Waals surface area contributed by atoms with Gasteiger partial charge >= 0.3 is 0 Å². The Labute approximate surface area is 111 Å². The van der Waals surface area contributed by atoms with Crippen molar-refractivity contribution in [3.8, 4) is 0 Å². The zero-order chi connectivity index (χ0) is 12.2. The molecule has 88 valence electrons. The summed E-state index contributed by atoms with van der Waals surface area (Å²) in [6, 6.07) is 2.04. The van der Waals surface area contributed by atoms with Gasteiger partial charge in [0.05, 0.1) is 0 Å². The molecule has 1 rings (SSSR count). The Morgan fingerprint density at radius 1 is 1.50 bits per heavy atom. The van der Waals surface area contributed by atoms with Crippen LogP contribution in [0.25, 0.3) is 0 Å². The lowest BCUT2D eigenvalue weighted by Gasteiger charge is -2.20. The van der Waals surface area contributed by atoms with E-state index in [1.807, 2.05) is 6.07 Å². The van der Waals surface area contributed by atoms with Gasteiger partial charge in [-0.2, -0.15) is 0 Å². The van der Waals surface area contributed by atoms with E-state index in [9.17, 15) is 0 Å². The summed E-state index contributed by atoms with van der Waals surface area (Å²) in [5.41, 5.74) is 1.20. The normalized spacial score (nSPS) is 12.3. The van der Waals surface area contributed by atoms with E-state index in [2.05, 4.69) is 53.8 Å². The number of rotatable bonds is 4. The number of hydrogen-bond donors (Lipinski definition) is 0. The van der Waals surface area contributed by atoms with Crippen LogP contribution in [0.3, 0.4) is 0 Å². The molecule has 1 heterocycles. The van der Waals surface area contributed by atoms with Crippen LogP contribution in [0.4, 0.5) is 0 Å². The summed E-state index contributed by atoms with van der Waals surface area (Å²) in [6.45, 7) is 6.55. The molecule has 0 saturated heterocycles. The second-order valence-electron chi connectivity index (χ2n) is 4.58. The first-order valence-electron chi connectivity index (χ1n) is 5.42. The molecular weight excluding hydrogens is 286 g/mol. The van der Waals surface area contributed by atoms with Crippen molar-refractivity contribution in [3.05, 3.63) is 39.6 Å². The molecule has 0 saturated carbocycles. The number of halogens is 2. The van der Waals surface area contributed by atoms with E-state index in [4.69, 9.17) is 11.6 Å². The van der Waals surface area contributed by atoms with Crippen molar-refractivity contribution in [1.82, 2.24) is 4.98 Å². The van der Waals surface area contributed by atoms with Crippen LogP contribution in [0.2, 0.25) is 5.15 Å². The maximum absolute atomic E-state index is 6.08. The van der Waals surface area contributed by atoms with Gasteiger partial charge in [0.2, 0.25) is 0 Å². The van der Waals surface area contributed by atoms with Crippen molar-refractivity contribution in [2.75, 3.05) is 0 Å². The van der Waals surface area contributed by atoms with Crippen LogP contribution in [0, 0.1) is 5.41 Å². The Morgan fingerprint density at radius 2 is 2.19 bits per heavy atom. The van der Waals surface area contributed by atoms with E-state index in [1.54, 1.807) is 6.20 Å². The smallest absolute Gasteiger partial charge is 0.132 e. The Morgan fingerprint density at radius 3 is 2.81 bits per heavy atom. The minimum atomic E-state index is 0.113. The van der Waals surface area contributed by atoms with Gasteiger partial charge < -0.3 is 0 Å². The van der Waals surface area contributed by atoms with E-state index in [0.29, 0.717) is 5.15 Å². The highest BCUT2D eigenvalue weighted by Gasteiger charge is 2.17. The lowest BCUT2D eigenvalue weighted by atomic mass is 9.86. The number of allylic oxidation sites excluding steroid dienone is 2. The van der Waals surface area contributed by atoms with Crippen molar-refractivity contribution in [1.29, 1.82) is 0 Å². The summed E-state index contributed by atoms with van der Waals surface area (Å²) in [4.78, 5) is 4.14.